The second-order valence-corrected chi connectivity index (χ2v) is 5.15. The van der Waals surface area contributed by atoms with E-state index in [4.69, 9.17) is 9.47 Å². The summed E-state index contributed by atoms with van der Waals surface area (Å²) >= 11 is 0. The van der Waals surface area contributed by atoms with Crippen molar-refractivity contribution in [2.45, 2.75) is 26.0 Å². The molecule has 0 radical (unpaired) electrons. The van der Waals surface area contributed by atoms with Crippen molar-refractivity contribution in [3.63, 3.8) is 0 Å². The van der Waals surface area contributed by atoms with Gasteiger partial charge in [0.25, 0.3) is 0 Å². The molecule has 2 aromatic rings. The van der Waals surface area contributed by atoms with E-state index in [2.05, 4.69) is 5.32 Å². The molecule has 4 nitrogen and oxygen atoms in total. The molecule has 0 unspecified atom stereocenters. The van der Waals surface area contributed by atoms with Crippen molar-refractivity contribution >= 4 is 6.41 Å². The normalized spacial score (nSPS) is 11.5. The van der Waals surface area contributed by atoms with Crippen LogP contribution in [0.25, 0.3) is 0 Å². The first-order chi connectivity index (χ1) is 10.7. The van der Waals surface area contributed by atoms with E-state index in [0.29, 0.717) is 18.1 Å². The fraction of sp³-hybridized carbons (Fsp3) is 0.278. The summed E-state index contributed by atoms with van der Waals surface area (Å²) in [7, 11) is 1.63. The summed E-state index contributed by atoms with van der Waals surface area (Å²) in [6, 6.07) is 15.9. The van der Waals surface area contributed by atoms with Crippen LogP contribution in [-0.4, -0.2) is 19.6 Å². The highest BCUT2D eigenvalue weighted by atomic mass is 16.5. The molecule has 0 aliphatic carbocycles. The maximum Gasteiger partial charge on any atom is 0.207 e. The Kier molecular flexibility index (Phi) is 5.83. The molecule has 1 amide bonds. The topological polar surface area (TPSA) is 47.6 Å². The van der Waals surface area contributed by atoms with Crippen molar-refractivity contribution in [1.82, 2.24) is 5.32 Å². The molecular weight excluding hydrogens is 278 g/mol. The summed E-state index contributed by atoms with van der Waals surface area (Å²) in [6.07, 6.45) is 1.46. The fourth-order valence-corrected chi connectivity index (χ4v) is 2.22. The predicted octanol–water partition coefficient (Wildman–Crippen LogP) is 2.95. The van der Waals surface area contributed by atoms with Gasteiger partial charge in [0.2, 0.25) is 6.41 Å². The maximum absolute atomic E-state index is 10.5. The van der Waals surface area contributed by atoms with Gasteiger partial charge in [-0.1, -0.05) is 36.4 Å². The van der Waals surface area contributed by atoms with Crippen molar-refractivity contribution < 1.29 is 14.3 Å². The zero-order valence-corrected chi connectivity index (χ0v) is 12.9. The molecule has 22 heavy (non-hydrogen) atoms. The molecule has 0 saturated heterocycles. The van der Waals surface area contributed by atoms with Gasteiger partial charge in [-0.15, -0.1) is 0 Å². The molecule has 0 aliphatic rings. The van der Waals surface area contributed by atoms with Gasteiger partial charge in [-0.3, -0.25) is 4.79 Å². The number of methoxy groups -OCH3 is 1. The van der Waals surface area contributed by atoms with Gasteiger partial charge in [0, 0.05) is 6.04 Å². The van der Waals surface area contributed by atoms with E-state index in [9.17, 15) is 4.79 Å². The van der Waals surface area contributed by atoms with Crippen LogP contribution in [0.15, 0.2) is 48.5 Å². The first-order valence-corrected chi connectivity index (χ1v) is 7.26. The number of carbonyl (C=O) groups is 1. The van der Waals surface area contributed by atoms with Gasteiger partial charge in [-0.05, 0) is 36.6 Å². The first kappa shape index (κ1) is 15.9. The number of ether oxygens (including phenoxy) is 2. The van der Waals surface area contributed by atoms with Crippen molar-refractivity contribution in [3.05, 3.63) is 59.7 Å². The molecule has 0 saturated carbocycles. The SMILES string of the molecule is COc1ccc(C[C@H](C)NC=O)cc1OCc1ccccc1. The molecule has 1 N–H and O–H groups in total. The molecule has 0 fully saturated rings. The summed E-state index contributed by atoms with van der Waals surface area (Å²) < 4.78 is 11.2. The van der Waals surface area contributed by atoms with Gasteiger partial charge in [0.05, 0.1) is 7.11 Å². The number of benzene rings is 2. The highest BCUT2D eigenvalue weighted by Crippen LogP contribution is 2.29. The Bertz CT molecular complexity index is 599. The molecule has 0 heterocycles. The van der Waals surface area contributed by atoms with E-state index in [1.807, 2.05) is 55.5 Å². The summed E-state index contributed by atoms with van der Waals surface area (Å²) in [6.45, 7) is 2.45. The standard InChI is InChI=1S/C18H21NO3/c1-14(19-13-20)10-16-8-9-17(21-2)18(11-16)22-12-15-6-4-3-5-7-15/h3-9,11,13-14H,10,12H2,1-2H3,(H,19,20)/t14-/m0/s1. The van der Waals surface area contributed by atoms with Gasteiger partial charge in [-0.2, -0.15) is 0 Å². The van der Waals surface area contributed by atoms with Crippen molar-refractivity contribution in [2.75, 3.05) is 7.11 Å². The Morgan fingerprint density at radius 3 is 2.55 bits per heavy atom. The maximum atomic E-state index is 10.5. The Morgan fingerprint density at radius 1 is 1.09 bits per heavy atom. The number of carbonyl (C=O) groups excluding carboxylic acids is 1. The van der Waals surface area contributed by atoms with Crippen molar-refractivity contribution in [2.24, 2.45) is 0 Å². The second-order valence-electron chi connectivity index (χ2n) is 5.15. The van der Waals surface area contributed by atoms with Gasteiger partial charge in [0.1, 0.15) is 6.61 Å². The van der Waals surface area contributed by atoms with Gasteiger partial charge in [0.15, 0.2) is 11.5 Å². The van der Waals surface area contributed by atoms with Crippen LogP contribution in [0.5, 0.6) is 11.5 Å². The Morgan fingerprint density at radius 2 is 1.86 bits per heavy atom. The highest BCUT2D eigenvalue weighted by molar-refractivity contribution is 5.47. The minimum absolute atomic E-state index is 0.0767. The van der Waals surface area contributed by atoms with Crippen LogP contribution < -0.4 is 14.8 Å². The lowest BCUT2D eigenvalue weighted by Gasteiger charge is -2.14. The smallest absolute Gasteiger partial charge is 0.207 e. The van der Waals surface area contributed by atoms with Crippen LogP contribution >= 0.6 is 0 Å². The van der Waals surface area contributed by atoms with E-state index in [0.717, 1.165) is 24.0 Å². The third-order valence-corrected chi connectivity index (χ3v) is 3.36. The molecule has 0 aliphatic heterocycles. The molecule has 116 valence electrons. The lowest BCUT2D eigenvalue weighted by molar-refractivity contribution is -0.110. The quantitative estimate of drug-likeness (QED) is 0.762. The second kappa shape index (κ2) is 8.08. The zero-order chi connectivity index (χ0) is 15.8. The van der Waals surface area contributed by atoms with Gasteiger partial charge in [-0.25, -0.2) is 0 Å². The van der Waals surface area contributed by atoms with E-state index in [1.54, 1.807) is 7.11 Å². The molecule has 1 atom stereocenters. The largest absolute Gasteiger partial charge is 0.493 e. The first-order valence-electron chi connectivity index (χ1n) is 7.26. The van der Waals surface area contributed by atoms with Crippen molar-refractivity contribution in [1.29, 1.82) is 0 Å². The number of nitrogens with one attached hydrogen (secondary N) is 1. The summed E-state index contributed by atoms with van der Waals surface area (Å²) in [5.74, 6) is 1.41. The third-order valence-electron chi connectivity index (χ3n) is 3.36. The predicted molar refractivity (Wildman–Crippen MR) is 86.1 cm³/mol. The molecular formula is C18H21NO3. The van der Waals surface area contributed by atoms with Crippen LogP contribution in [0.1, 0.15) is 18.1 Å². The van der Waals surface area contributed by atoms with Crippen LogP contribution in [0, 0.1) is 0 Å². The molecule has 4 heteroatoms. The van der Waals surface area contributed by atoms with Gasteiger partial charge < -0.3 is 14.8 Å². The Labute approximate surface area is 131 Å². The molecule has 0 spiro atoms. The van der Waals surface area contributed by atoms with Gasteiger partial charge >= 0.3 is 0 Å². The Balaban J connectivity index is 2.08. The monoisotopic (exact) mass is 299 g/mol. The van der Waals surface area contributed by atoms with Crippen LogP contribution in [0.2, 0.25) is 0 Å². The van der Waals surface area contributed by atoms with E-state index < -0.39 is 0 Å². The zero-order valence-electron chi connectivity index (χ0n) is 12.9. The molecule has 2 rings (SSSR count). The van der Waals surface area contributed by atoms with E-state index in [1.165, 1.54) is 0 Å². The minimum Gasteiger partial charge on any atom is -0.493 e. The average molecular weight is 299 g/mol. The molecule has 0 bridgehead atoms. The lowest BCUT2D eigenvalue weighted by atomic mass is 10.1. The third kappa shape index (κ3) is 4.52. The number of hydrogen-bond acceptors (Lipinski definition) is 3. The molecule has 2 aromatic carbocycles. The van der Waals surface area contributed by atoms with E-state index in [-0.39, 0.29) is 6.04 Å². The fourth-order valence-electron chi connectivity index (χ4n) is 2.22. The lowest BCUT2D eigenvalue weighted by Crippen LogP contribution is -2.26. The highest BCUT2D eigenvalue weighted by Gasteiger charge is 2.09. The van der Waals surface area contributed by atoms with Crippen LogP contribution in [0.3, 0.4) is 0 Å². The van der Waals surface area contributed by atoms with Crippen LogP contribution in [0.4, 0.5) is 0 Å². The summed E-state index contributed by atoms with van der Waals surface area (Å²) in [5, 5.41) is 2.75. The van der Waals surface area contributed by atoms with Crippen LogP contribution in [-0.2, 0) is 17.8 Å². The minimum atomic E-state index is 0.0767. The summed E-state index contributed by atoms with van der Waals surface area (Å²) in [4.78, 5) is 10.5. The van der Waals surface area contributed by atoms with Crippen molar-refractivity contribution in [3.8, 4) is 11.5 Å². The Hall–Kier alpha value is -2.49. The van der Waals surface area contributed by atoms with E-state index >= 15 is 0 Å². The molecule has 0 aromatic heterocycles. The number of rotatable bonds is 8. The average Bonchev–Trinajstić information content (AvgIpc) is 2.54. The number of amides is 1. The summed E-state index contributed by atoms with van der Waals surface area (Å²) in [5.41, 5.74) is 2.19. The number of hydrogen-bond donors (Lipinski definition) is 1.